The maximum Gasteiger partial charge on any atom is 0.311 e. The summed E-state index contributed by atoms with van der Waals surface area (Å²) in [6.07, 6.45) is 8.65. The van der Waals surface area contributed by atoms with Gasteiger partial charge in [-0.2, -0.15) is 0 Å². The first kappa shape index (κ1) is 41.2. The summed E-state index contributed by atoms with van der Waals surface area (Å²) >= 11 is 0. The number of hydroxylamine groups is 2. The number of ether oxygens (including phenoxy) is 2. The van der Waals surface area contributed by atoms with Gasteiger partial charge in [-0.25, -0.2) is 0 Å². The zero-order chi connectivity index (χ0) is 37.8. The molecule has 0 amide bonds. The fourth-order valence-electron chi connectivity index (χ4n) is 7.24. The monoisotopic (exact) mass is 730 g/mol. The molecule has 2 atom stereocenters. The lowest BCUT2D eigenvalue weighted by atomic mass is 9.75. The number of nitrogens with zero attached hydrogens (tertiary/aromatic N) is 1. The Morgan fingerprint density at radius 2 is 1.40 bits per heavy atom. The Bertz CT molecular complexity index is 1580. The maximum absolute atomic E-state index is 14.1. The molecule has 0 saturated carbocycles. The Balaban J connectivity index is 1.29. The second-order valence-corrected chi connectivity index (χ2v) is 17.9. The van der Waals surface area contributed by atoms with Gasteiger partial charge in [-0.1, -0.05) is 85.8 Å². The van der Waals surface area contributed by atoms with Crippen molar-refractivity contribution in [2.24, 2.45) is 5.41 Å². The van der Waals surface area contributed by atoms with Crippen LogP contribution >= 0.6 is 7.37 Å². The molecule has 52 heavy (non-hydrogen) atoms. The lowest BCUT2D eigenvalue weighted by molar-refractivity contribution is -0.299. The molecule has 9 heteroatoms. The number of esters is 2. The number of hydrogen-bond acceptors (Lipinski definition) is 7. The molecule has 0 bridgehead atoms. The molecule has 1 saturated heterocycles. The molecule has 1 fully saturated rings. The summed E-state index contributed by atoms with van der Waals surface area (Å²) in [4.78, 5) is 26.3. The molecule has 281 valence electrons. The summed E-state index contributed by atoms with van der Waals surface area (Å²) in [5, 5.41) is 15.0. The summed E-state index contributed by atoms with van der Waals surface area (Å²) in [5.41, 5.74) is -0.763. The van der Waals surface area contributed by atoms with Crippen molar-refractivity contribution in [1.82, 2.24) is 5.06 Å². The van der Waals surface area contributed by atoms with Crippen molar-refractivity contribution in [2.45, 2.75) is 116 Å². The van der Waals surface area contributed by atoms with Gasteiger partial charge in [-0.05, 0) is 102 Å². The van der Waals surface area contributed by atoms with Gasteiger partial charge in [0.15, 0.2) is 0 Å². The number of carbonyl (C=O) groups excluding carboxylic acids is 2. The maximum atomic E-state index is 14.1. The number of carbonyl (C=O) groups is 2. The Kier molecular flexibility index (Phi) is 14.6. The van der Waals surface area contributed by atoms with Crippen LogP contribution in [-0.4, -0.2) is 47.4 Å². The van der Waals surface area contributed by atoms with Crippen molar-refractivity contribution >= 4 is 29.9 Å². The van der Waals surface area contributed by atoms with Crippen LogP contribution in [0, 0.1) is 5.41 Å². The zero-order valence-electron chi connectivity index (χ0n) is 31.8. The highest BCUT2D eigenvalue weighted by molar-refractivity contribution is 7.74. The predicted molar refractivity (Wildman–Crippen MR) is 206 cm³/mol. The predicted octanol–water partition coefficient (Wildman–Crippen LogP) is 9.09. The second kappa shape index (κ2) is 18.5. The fraction of sp³-hybridized carbons (Fsp3) is 0.488. The first-order valence-electron chi connectivity index (χ1n) is 18.6. The largest absolute Gasteiger partial charge is 0.463 e. The van der Waals surface area contributed by atoms with E-state index in [1.807, 2.05) is 96.1 Å². The second-order valence-electron chi connectivity index (χ2n) is 15.5. The van der Waals surface area contributed by atoms with Gasteiger partial charge in [0.05, 0.1) is 12.0 Å². The minimum absolute atomic E-state index is 0.000363. The van der Waals surface area contributed by atoms with Crippen LogP contribution in [0.4, 0.5) is 0 Å². The van der Waals surface area contributed by atoms with Crippen molar-refractivity contribution in [2.75, 3.05) is 13.2 Å². The molecule has 1 heterocycles. The van der Waals surface area contributed by atoms with E-state index in [2.05, 4.69) is 24.3 Å². The average molecular weight is 731 g/mol. The molecule has 1 radical (unpaired) electrons. The van der Waals surface area contributed by atoms with Gasteiger partial charge in [0.1, 0.15) is 12.7 Å². The number of benzene rings is 3. The summed E-state index contributed by atoms with van der Waals surface area (Å²) in [7, 11) is -3.38. The molecule has 0 N–H and O–H groups in total. The normalized spacial score (nSPS) is 18.1. The van der Waals surface area contributed by atoms with E-state index in [9.17, 15) is 19.4 Å². The molecule has 4 rings (SSSR count). The number of rotatable bonds is 18. The van der Waals surface area contributed by atoms with E-state index in [-0.39, 0.29) is 37.2 Å². The van der Waals surface area contributed by atoms with E-state index in [0.29, 0.717) is 49.1 Å². The average Bonchev–Trinajstić information content (AvgIpc) is 3.13. The lowest BCUT2D eigenvalue weighted by Gasteiger charge is -2.49. The quantitative estimate of drug-likeness (QED) is 0.0557. The molecule has 1 aliphatic heterocycles. The molecular weight excluding hydrogens is 673 g/mol. The van der Waals surface area contributed by atoms with Crippen molar-refractivity contribution < 1.29 is 33.4 Å². The van der Waals surface area contributed by atoms with Gasteiger partial charge in [0, 0.05) is 40.9 Å². The van der Waals surface area contributed by atoms with Crippen LogP contribution in [0.1, 0.15) is 104 Å². The Morgan fingerprint density at radius 1 is 0.865 bits per heavy atom. The van der Waals surface area contributed by atoms with Crippen molar-refractivity contribution in [3.63, 3.8) is 0 Å². The van der Waals surface area contributed by atoms with E-state index in [4.69, 9.17) is 14.0 Å². The van der Waals surface area contributed by atoms with Gasteiger partial charge >= 0.3 is 11.9 Å². The van der Waals surface area contributed by atoms with Crippen LogP contribution in [0.15, 0.2) is 103 Å². The van der Waals surface area contributed by atoms with Crippen molar-refractivity contribution in [3.05, 3.63) is 109 Å². The molecule has 0 aromatic heterocycles. The summed E-state index contributed by atoms with van der Waals surface area (Å²) in [6.45, 7) is 11.5. The van der Waals surface area contributed by atoms with Crippen LogP contribution < -0.4 is 10.6 Å². The molecule has 3 aromatic rings. The fourth-order valence-corrected chi connectivity index (χ4v) is 9.30. The summed E-state index contributed by atoms with van der Waals surface area (Å²) in [5.74, 6) is -0.452. The van der Waals surface area contributed by atoms with Gasteiger partial charge < -0.3 is 14.0 Å². The molecule has 3 aromatic carbocycles. The number of unbranched alkanes of at least 4 members (excludes halogenated alkanes) is 1. The van der Waals surface area contributed by atoms with Crippen molar-refractivity contribution in [1.29, 1.82) is 0 Å². The third-order valence-corrected chi connectivity index (χ3v) is 12.7. The van der Waals surface area contributed by atoms with E-state index < -0.39 is 23.9 Å². The molecule has 8 nitrogen and oxygen atoms in total. The smallest absolute Gasteiger partial charge is 0.311 e. The molecule has 2 unspecified atom stereocenters. The number of allylic oxidation sites excluding steroid dienone is 2. The van der Waals surface area contributed by atoms with Crippen LogP contribution in [-0.2, 0) is 33.4 Å². The topological polar surface area (TPSA) is 102 Å². The van der Waals surface area contributed by atoms with E-state index in [0.717, 1.165) is 23.5 Å². The van der Waals surface area contributed by atoms with Crippen molar-refractivity contribution in [3.8, 4) is 0 Å². The summed E-state index contributed by atoms with van der Waals surface area (Å²) in [6, 6.07) is 28.4. The highest BCUT2D eigenvalue weighted by atomic mass is 31.2. The highest BCUT2D eigenvalue weighted by Crippen LogP contribution is 2.45. The van der Waals surface area contributed by atoms with E-state index >= 15 is 0 Å². The highest BCUT2D eigenvalue weighted by Gasteiger charge is 2.47. The minimum atomic E-state index is -3.38. The van der Waals surface area contributed by atoms with Gasteiger partial charge in [-0.15, -0.1) is 10.3 Å². The molecule has 0 aliphatic carbocycles. The zero-order valence-corrected chi connectivity index (χ0v) is 32.7. The van der Waals surface area contributed by atoms with E-state index in [1.165, 1.54) is 0 Å². The molecule has 0 spiro atoms. The Hall–Kier alpha value is -3.55. The van der Waals surface area contributed by atoms with Gasteiger partial charge in [-0.3, -0.25) is 14.2 Å². The SMILES string of the molecule is CCC(C)(CC(C/C=C/CCCC(=O)OC1CC(C)(C)N([O])C(C)(C)C1)c1ccccc1)C(=O)OCCOP(=O)(c1ccccc1)c1ccccc1. The third kappa shape index (κ3) is 11.0. The first-order chi connectivity index (χ1) is 24.7. The Morgan fingerprint density at radius 3 is 1.94 bits per heavy atom. The standard InChI is InChI=1S/C43H57NO7P/c1-7-43(6,40(46)49-29-30-50-52(48,37-24-16-11-17-25-37)38-26-18-12-19-27-38)31-35(34-21-14-10-15-22-34)23-13-8-9-20-28-39(45)51-36-32-41(2,3)44(47)42(4,5)33-36/h8,10-19,21-22,24-27,35-36H,7,9,20,23,28-33H2,1-6H3/b13-8+. The minimum Gasteiger partial charge on any atom is -0.463 e. The van der Waals surface area contributed by atoms with Crippen LogP contribution in [0.25, 0.3) is 0 Å². The van der Waals surface area contributed by atoms with Gasteiger partial charge in [0.2, 0.25) is 0 Å². The first-order valence-corrected chi connectivity index (χ1v) is 20.2. The lowest BCUT2D eigenvalue weighted by Crippen LogP contribution is -2.60. The number of hydrogen-bond donors (Lipinski definition) is 0. The van der Waals surface area contributed by atoms with Crippen LogP contribution in [0.5, 0.6) is 0 Å². The molecular formula is C43H57NO7P. The summed E-state index contributed by atoms with van der Waals surface area (Å²) < 4.78 is 31.8. The van der Waals surface area contributed by atoms with E-state index in [1.54, 1.807) is 24.3 Å². The third-order valence-electron chi connectivity index (χ3n) is 10.2. The number of piperidine rings is 1. The molecule has 1 aliphatic rings. The van der Waals surface area contributed by atoms with Gasteiger partial charge in [0.25, 0.3) is 7.37 Å². The Labute approximate surface area is 311 Å². The van der Waals surface area contributed by atoms with Crippen LogP contribution in [0.3, 0.4) is 0 Å². The van der Waals surface area contributed by atoms with Crippen LogP contribution in [0.2, 0.25) is 0 Å².